The maximum Gasteiger partial charge on any atom is 0.407 e. The normalized spacial score (nSPS) is 17.0. The fourth-order valence-corrected chi connectivity index (χ4v) is 3.59. The molecule has 5 N–H and O–H groups in total. The number of benzene rings is 1. The van der Waals surface area contributed by atoms with E-state index in [0.717, 1.165) is 38.0 Å². The Hall–Kier alpha value is -2.08. The number of halogens is 1. The Morgan fingerprint density at radius 1 is 1.18 bits per heavy atom. The minimum atomic E-state index is -0.513. The maximum atomic E-state index is 11.7. The van der Waals surface area contributed by atoms with Crippen LogP contribution in [0.5, 0.6) is 0 Å². The van der Waals surface area contributed by atoms with Crippen LogP contribution < -0.4 is 21.7 Å². The zero-order valence-electron chi connectivity index (χ0n) is 20.1. The minimum absolute atomic E-state index is 0. The van der Waals surface area contributed by atoms with Crippen molar-refractivity contribution in [2.45, 2.75) is 52.3 Å². The van der Waals surface area contributed by atoms with Crippen molar-refractivity contribution in [2.24, 2.45) is 16.6 Å². The van der Waals surface area contributed by atoms with Crippen LogP contribution >= 0.6 is 24.0 Å². The molecule has 1 aromatic carbocycles. The lowest BCUT2D eigenvalue weighted by molar-refractivity contribution is -0.123. The third kappa shape index (κ3) is 11.6. The SMILES string of the molecule is CN=C(NCCNC(=O)OC(C)(C)C)NCc1cccc(CN2CCCC(C(N)=O)C2)c1.I. The van der Waals surface area contributed by atoms with Gasteiger partial charge in [0.25, 0.3) is 0 Å². The van der Waals surface area contributed by atoms with Gasteiger partial charge in [-0.3, -0.25) is 14.7 Å². The molecule has 1 unspecified atom stereocenters. The van der Waals surface area contributed by atoms with Crippen molar-refractivity contribution in [3.63, 3.8) is 0 Å². The van der Waals surface area contributed by atoms with Gasteiger partial charge in [0.15, 0.2) is 5.96 Å². The molecule has 0 radical (unpaired) electrons. The summed E-state index contributed by atoms with van der Waals surface area (Å²) in [6.07, 6.45) is 1.45. The summed E-state index contributed by atoms with van der Waals surface area (Å²) >= 11 is 0. The third-order valence-electron chi connectivity index (χ3n) is 5.07. The molecule has 1 atom stereocenters. The monoisotopic (exact) mass is 574 g/mol. The highest BCUT2D eigenvalue weighted by Gasteiger charge is 2.23. The van der Waals surface area contributed by atoms with Crippen molar-refractivity contribution in [3.05, 3.63) is 35.4 Å². The molecule has 10 heteroatoms. The number of carbonyl (C=O) groups excluding carboxylic acids is 2. The highest BCUT2D eigenvalue weighted by atomic mass is 127. The van der Waals surface area contributed by atoms with Gasteiger partial charge >= 0.3 is 6.09 Å². The Bertz CT molecular complexity index is 797. The van der Waals surface area contributed by atoms with Crippen molar-refractivity contribution in [1.82, 2.24) is 20.9 Å². The van der Waals surface area contributed by atoms with E-state index in [-0.39, 0.29) is 35.8 Å². The van der Waals surface area contributed by atoms with E-state index in [1.165, 1.54) is 5.56 Å². The Balaban J connectivity index is 0.00000544. The van der Waals surface area contributed by atoms with E-state index < -0.39 is 11.7 Å². The largest absolute Gasteiger partial charge is 0.444 e. The van der Waals surface area contributed by atoms with Gasteiger partial charge in [-0.2, -0.15) is 0 Å². The molecule has 1 fully saturated rings. The molecule has 0 spiro atoms. The molecule has 0 aromatic heterocycles. The number of nitrogens with two attached hydrogens (primary N) is 1. The number of nitrogens with zero attached hydrogens (tertiary/aromatic N) is 2. The first-order valence-corrected chi connectivity index (χ1v) is 11.2. The molecule has 0 bridgehead atoms. The molecule has 1 saturated heterocycles. The van der Waals surface area contributed by atoms with E-state index in [1.54, 1.807) is 7.05 Å². The number of rotatable bonds is 8. The number of amides is 2. The van der Waals surface area contributed by atoms with Crippen LogP contribution in [-0.2, 0) is 22.6 Å². The minimum Gasteiger partial charge on any atom is -0.444 e. The topological polar surface area (TPSA) is 121 Å². The molecule has 1 heterocycles. The van der Waals surface area contributed by atoms with Gasteiger partial charge in [-0.1, -0.05) is 24.3 Å². The van der Waals surface area contributed by atoms with E-state index in [2.05, 4.69) is 44.0 Å². The lowest BCUT2D eigenvalue weighted by atomic mass is 9.97. The molecule has 1 aromatic rings. The van der Waals surface area contributed by atoms with Crippen LogP contribution in [0.2, 0.25) is 0 Å². The number of likely N-dealkylation sites (tertiary alicyclic amines) is 1. The number of alkyl carbamates (subject to hydrolysis) is 1. The van der Waals surface area contributed by atoms with E-state index in [1.807, 2.05) is 26.8 Å². The predicted molar refractivity (Wildman–Crippen MR) is 141 cm³/mol. The van der Waals surface area contributed by atoms with E-state index >= 15 is 0 Å². The van der Waals surface area contributed by atoms with Gasteiger partial charge in [0, 0.05) is 39.8 Å². The van der Waals surface area contributed by atoms with Gasteiger partial charge < -0.3 is 26.4 Å². The lowest BCUT2D eigenvalue weighted by Crippen LogP contribution is -2.42. The van der Waals surface area contributed by atoms with Crippen molar-refractivity contribution in [1.29, 1.82) is 0 Å². The van der Waals surface area contributed by atoms with E-state index in [0.29, 0.717) is 25.6 Å². The molecule has 2 rings (SSSR count). The zero-order valence-corrected chi connectivity index (χ0v) is 22.5. The van der Waals surface area contributed by atoms with Crippen LogP contribution in [-0.4, -0.2) is 61.7 Å². The fourth-order valence-electron chi connectivity index (χ4n) is 3.59. The number of primary amides is 1. The van der Waals surface area contributed by atoms with Crippen LogP contribution in [0.1, 0.15) is 44.7 Å². The van der Waals surface area contributed by atoms with Crippen molar-refractivity contribution < 1.29 is 14.3 Å². The van der Waals surface area contributed by atoms with Crippen molar-refractivity contribution in [2.75, 3.05) is 33.2 Å². The molecule has 1 aliphatic heterocycles. The first kappa shape index (κ1) is 29.0. The number of carbonyl (C=O) groups is 2. The molecule has 2 amide bonds. The second-order valence-corrected chi connectivity index (χ2v) is 9.08. The third-order valence-corrected chi connectivity index (χ3v) is 5.07. The number of hydrogen-bond acceptors (Lipinski definition) is 5. The standard InChI is InChI=1S/C23H38N6O3.HI/c1-23(2,3)32-22(31)27-11-10-26-21(25-4)28-14-17-7-5-8-18(13-17)15-29-12-6-9-19(16-29)20(24)30;/h5,7-8,13,19H,6,9-12,14-16H2,1-4H3,(H2,24,30)(H,27,31)(H2,25,26,28);1H. The summed E-state index contributed by atoms with van der Waals surface area (Å²) < 4.78 is 5.21. The summed E-state index contributed by atoms with van der Waals surface area (Å²) in [5.41, 5.74) is 7.33. The molecule has 1 aliphatic rings. The predicted octanol–water partition coefficient (Wildman–Crippen LogP) is 2.19. The van der Waals surface area contributed by atoms with Crippen LogP contribution in [0.25, 0.3) is 0 Å². The van der Waals surface area contributed by atoms with Crippen LogP contribution in [0, 0.1) is 5.92 Å². The van der Waals surface area contributed by atoms with Gasteiger partial charge in [-0.25, -0.2) is 4.79 Å². The first-order valence-electron chi connectivity index (χ1n) is 11.2. The molecular weight excluding hydrogens is 535 g/mol. The lowest BCUT2D eigenvalue weighted by Gasteiger charge is -2.31. The second-order valence-electron chi connectivity index (χ2n) is 9.08. The molecule has 186 valence electrons. The molecular formula is C23H39IN6O3. The quantitative estimate of drug-likeness (QED) is 0.164. The van der Waals surface area contributed by atoms with Crippen molar-refractivity contribution >= 4 is 41.9 Å². The van der Waals surface area contributed by atoms with Gasteiger partial charge in [0.2, 0.25) is 5.91 Å². The summed E-state index contributed by atoms with van der Waals surface area (Å²) in [5.74, 6) is 0.405. The van der Waals surface area contributed by atoms with Gasteiger partial charge in [0.05, 0.1) is 5.92 Å². The van der Waals surface area contributed by atoms with Gasteiger partial charge in [-0.15, -0.1) is 24.0 Å². The number of guanidine groups is 1. The average Bonchev–Trinajstić information content (AvgIpc) is 2.72. The Morgan fingerprint density at radius 2 is 1.88 bits per heavy atom. The number of nitrogens with one attached hydrogen (secondary N) is 3. The Morgan fingerprint density at radius 3 is 2.55 bits per heavy atom. The summed E-state index contributed by atoms with van der Waals surface area (Å²) in [4.78, 5) is 29.7. The number of ether oxygens (including phenoxy) is 1. The fraction of sp³-hybridized carbons (Fsp3) is 0.609. The summed E-state index contributed by atoms with van der Waals surface area (Å²) in [5, 5.41) is 9.16. The molecule has 0 saturated carbocycles. The van der Waals surface area contributed by atoms with Gasteiger partial charge in [0.1, 0.15) is 5.60 Å². The maximum absolute atomic E-state index is 11.7. The van der Waals surface area contributed by atoms with Crippen LogP contribution in [0.15, 0.2) is 29.3 Å². The highest BCUT2D eigenvalue weighted by molar-refractivity contribution is 14.0. The zero-order chi connectivity index (χ0) is 23.6. The van der Waals surface area contributed by atoms with E-state index in [9.17, 15) is 9.59 Å². The van der Waals surface area contributed by atoms with Gasteiger partial charge in [-0.05, 0) is 51.3 Å². The number of aliphatic imine (C=N–C) groups is 1. The first-order chi connectivity index (χ1) is 15.2. The van der Waals surface area contributed by atoms with Crippen molar-refractivity contribution in [3.8, 4) is 0 Å². The highest BCUT2D eigenvalue weighted by Crippen LogP contribution is 2.18. The summed E-state index contributed by atoms with van der Waals surface area (Å²) in [7, 11) is 1.71. The number of hydrogen-bond donors (Lipinski definition) is 4. The summed E-state index contributed by atoms with van der Waals surface area (Å²) in [6, 6.07) is 8.38. The molecule has 9 nitrogen and oxygen atoms in total. The molecule has 33 heavy (non-hydrogen) atoms. The molecule has 0 aliphatic carbocycles. The van der Waals surface area contributed by atoms with Crippen LogP contribution in [0.4, 0.5) is 4.79 Å². The number of piperidine rings is 1. The summed E-state index contributed by atoms with van der Waals surface area (Å²) in [6.45, 7) is 9.58. The Labute approximate surface area is 214 Å². The Kier molecular flexibility index (Phi) is 12.5. The second kappa shape index (κ2) is 14.2. The van der Waals surface area contributed by atoms with Crippen LogP contribution in [0.3, 0.4) is 0 Å². The van der Waals surface area contributed by atoms with E-state index in [4.69, 9.17) is 10.5 Å². The average molecular weight is 575 g/mol. The smallest absolute Gasteiger partial charge is 0.407 e.